The molecule has 0 amide bonds. The average molecular weight is 328 g/mol. The van der Waals surface area contributed by atoms with Crippen LogP contribution in [0.25, 0.3) is 0 Å². The van der Waals surface area contributed by atoms with Crippen molar-refractivity contribution in [1.82, 2.24) is 4.31 Å². The largest absolute Gasteiger partial charge is 0.326 e. The van der Waals surface area contributed by atoms with Crippen LogP contribution in [0.15, 0.2) is 33.9 Å². The molecule has 0 atom stereocenters. The molecule has 0 saturated carbocycles. The van der Waals surface area contributed by atoms with Gasteiger partial charge in [-0.2, -0.15) is 15.6 Å². The molecule has 0 aliphatic heterocycles. The summed E-state index contributed by atoms with van der Waals surface area (Å²) in [6.45, 7) is 1.77. The number of benzene rings is 1. The Balaban J connectivity index is 2.37. The monoisotopic (exact) mass is 328 g/mol. The van der Waals surface area contributed by atoms with Gasteiger partial charge >= 0.3 is 0 Å². The van der Waals surface area contributed by atoms with E-state index in [9.17, 15) is 12.8 Å². The van der Waals surface area contributed by atoms with Crippen molar-refractivity contribution in [2.75, 3.05) is 7.05 Å². The minimum Gasteiger partial charge on any atom is -0.326 e. The normalized spacial score (nSPS) is 12.0. The number of nitrogens with zero attached hydrogens (tertiary/aromatic N) is 1. The summed E-state index contributed by atoms with van der Waals surface area (Å²) in [7, 11) is -2.16. The summed E-state index contributed by atoms with van der Waals surface area (Å²) in [5.74, 6) is -0.447. The molecule has 4 nitrogen and oxygen atoms in total. The van der Waals surface area contributed by atoms with Crippen molar-refractivity contribution in [2.24, 2.45) is 5.73 Å². The maximum absolute atomic E-state index is 13.8. The van der Waals surface area contributed by atoms with Gasteiger partial charge in [0.1, 0.15) is 5.82 Å². The molecule has 1 heterocycles. The van der Waals surface area contributed by atoms with E-state index in [2.05, 4.69) is 0 Å². The maximum atomic E-state index is 13.8. The van der Waals surface area contributed by atoms with Crippen LogP contribution in [0.4, 0.5) is 4.39 Å². The van der Waals surface area contributed by atoms with E-state index in [0.29, 0.717) is 0 Å². The first-order valence-electron chi connectivity index (χ1n) is 6.32. The third-order valence-electron chi connectivity index (χ3n) is 3.22. The molecule has 2 aromatic rings. The predicted molar refractivity (Wildman–Crippen MR) is 82.0 cm³/mol. The van der Waals surface area contributed by atoms with Crippen LogP contribution in [0.2, 0.25) is 0 Å². The van der Waals surface area contributed by atoms with Crippen LogP contribution >= 0.6 is 11.3 Å². The zero-order valence-corrected chi connectivity index (χ0v) is 13.5. The fraction of sp³-hybridized carbons (Fsp3) is 0.286. The highest BCUT2D eigenvalue weighted by Crippen LogP contribution is 2.23. The molecule has 21 heavy (non-hydrogen) atoms. The molecule has 7 heteroatoms. The predicted octanol–water partition coefficient (Wildman–Crippen LogP) is 2.48. The van der Waals surface area contributed by atoms with Crippen molar-refractivity contribution in [3.8, 4) is 0 Å². The van der Waals surface area contributed by atoms with Crippen molar-refractivity contribution in [1.29, 1.82) is 0 Å². The Kier molecular flexibility index (Phi) is 4.77. The highest BCUT2D eigenvalue weighted by Gasteiger charge is 2.23. The van der Waals surface area contributed by atoms with Crippen LogP contribution in [0.1, 0.15) is 16.7 Å². The molecule has 0 aliphatic rings. The third kappa shape index (κ3) is 3.32. The zero-order chi connectivity index (χ0) is 15.6. The summed E-state index contributed by atoms with van der Waals surface area (Å²) >= 11 is 1.51. The van der Waals surface area contributed by atoms with Crippen molar-refractivity contribution in [2.45, 2.75) is 24.9 Å². The SMILES string of the molecule is Cc1cc(S(=O)(=O)N(C)Cc2ccsc2)cc(CN)c1F. The molecular formula is C14H17FN2O2S2. The number of aryl methyl sites for hydroxylation is 1. The molecule has 1 aromatic heterocycles. The van der Waals surface area contributed by atoms with Crippen molar-refractivity contribution >= 4 is 21.4 Å². The molecule has 0 saturated heterocycles. The second kappa shape index (κ2) is 6.23. The Morgan fingerprint density at radius 2 is 2.10 bits per heavy atom. The van der Waals surface area contributed by atoms with Gasteiger partial charge in [0, 0.05) is 25.7 Å². The molecule has 2 rings (SSSR count). The van der Waals surface area contributed by atoms with Crippen LogP contribution in [0.5, 0.6) is 0 Å². The molecule has 0 spiro atoms. The summed E-state index contributed by atoms with van der Waals surface area (Å²) in [5, 5.41) is 3.79. The molecule has 0 radical (unpaired) electrons. The maximum Gasteiger partial charge on any atom is 0.243 e. The summed E-state index contributed by atoms with van der Waals surface area (Å²) < 4.78 is 40.2. The van der Waals surface area contributed by atoms with Crippen LogP contribution < -0.4 is 5.73 Å². The standard InChI is InChI=1S/C14H17FN2O2S2/c1-10-5-13(6-12(7-16)14(10)15)21(18,19)17(2)8-11-3-4-20-9-11/h3-6,9H,7-8,16H2,1-2H3. The van der Waals surface area contributed by atoms with Gasteiger partial charge in [-0.05, 0) is 47.0 Å². The van der Waals surface area contributed by atoms with Gasteiger partial charge in [-0.15, -0.1) is 0 Å². The summed E-state index contributed by atoms with van der Waals surface area (Å²) in [6, 6.07) is 4.52. The van der Waals surface area contributed by atoms with E-state index in [-0.39, 0.29) is 29.1 Å². The minimum absolute atomic E-state index is 0.0374. The lowest BCUT2D eigenvalue weighted by Crippen LogP contribution is -2.26. The average Bonchev–Trinajstić information content (AvgIpc) is 2.94. The molecule has 0 unspecified atom stereocenters. The molecule has 2 N–H and O–H groups in total. The third-order valence-corrected chi connectivity index (χ3v) is 5.73. The van der Waals surface area contributed by atoms with Crippen LogP contribution in [0.3, 0.4) is 0 Å². The highest BCUT2D eigenvalue weighted by molar-refractivity contribution is 7.89. The van der Waals surface area contributed by atoms with Crippen molar-refractivity contribution in [3.63, 3.8) is 0 Å². The number of nitrogens with two attached hydrogens (primary N) is 1. The van der Waals surface area contributed by atoms with Gasteiger partial charge in [0.25, 0.3) is 0 Å². The fourth-order valence-electron chi connectivity index (χ4n) is 2.01. The number of hydrogen-bond acceptors (Lipinski definition) is 4. The number of halogens is 1. The van der Waals surface area contributed by atoms with Gasteiger partial charge in [-0.1, -0.05) is 0 Å². The van der Waals surface area contributed by atoms with Crippen LogP contribution in [-0.4, -0.2) is 19.8 Å². The van der Waals surface area contributed by atoms with E-state index >= 15 is 0 Å². The number of hydrogen-bond donors (Lipinski definition) is 1. The topological polar surface area (TPSA) is 63.4 Å². The molecular weight excluding hydrogens is 311 g/mol. The Hall–Kier alpha value is -1.28. The Bertz CT molecular complexity index is 728. The molecule has 1 aromatic carbocycles. The van der Waals surface area contributed by atoms with E-state index in [1.165, 1.54) is 41.7 Å². The summed E-state index contributed by atoms with van der Waals surface area (Å²) in [5.41, 5.74) is 6.87. The lowest BCUT2D eigenvalue weighted by molar-refractivity contribution is 0.466. The van der Waals surface area contributed by atoms with E-state index < -0.39 is 15.8 Å². The lowest BCUT2D eigenvalue weighted by Gasteiger charge is -2.18. The smallest absolute Gasteiger partial charge is 0.243 e. The zero-order valence-electron chi connectivity index (χ0n) is 11.8. The summed E-state index contributed by atoms with van der Waals surface area (Å²) in [4.78, 5) is 0.0691. The van der Waals surface area contributed by atoms with Crippen LogP contribution in [0, 0.1) is 12.7 Å². The molecule has 114 valence electrons. The van der Waals surface area contributed by atoms with E-state index in [1.54, 1.807) is 0 Å². The van der Waals surface area contributed by atoms with Gasteiger partial charge in [0.15, 0.2) is 0 Å². The first-order chi connectivity index (χ1) is 9.86. The summed E-state index contributed by atoms with van der Waals surface area (Å²) in [6.07, 6.45) is 0. The van der Waals surface area contributed by atoms with Crippen molar-refractivity contribution < 1.29 is 12.8 Å². The van der Waals surface area contributed by atoms with Crippen molar-refractivity contribution in [3.05, 3.63) is 51.5 Å². The Morgan fingerprint density at radius 3 is 2.67 bits per heavy atom. The first-order valence-corrected chi connectivity index (χ1v) is 8.71. The second-order valence-electron chi connectivity index (χ2n) is 4.81. The van der Waals surface area contributed by atoms with Crippen LogP contribution in [-0.2, 0) is 23.1 Å². The van der Waals surface area contributed by atoms with Gasteiger partial charge < -0.3 is 5.73 Å². The number of rotatable bonds is 5. The Labute approximate surface area is 128 Å². The first kappa shape index (κ1) is 16.1. The van der Waals surface area contributed by atoms with Gasteiger partial charge in [-0.25, -0.2) is 12.8 Å². The molecule has 0 bridgehead atoms. The van der Waals surface area contributed by atoms with E-state index in [1.807, 2.05) is 16.8 Å². The van der Waals surface area contributed by atoms with E-state index in [4.69, 9.17) is 5.73 Å². The lowest BCUT2D eigenvalue weighted by atomic mass is 10.1. The Morgan fingerprint density at radius 1 is 1.38 bits per heavy atom. The molecule has 0 aliphatic carbocycles. The fourth-order valence-corrected chi connectivity index (χ4v) is 3.96. The van der Waals surface area contributed by atoms with Gasteiger partial charge in [0.2, 0.25) is 10.0 Å². The van der Waals surface area contributed by atoms with Gasteiger partial charge in [0.05, 0.1) is 4.90 Å². The van der Waals surface area contributed by atoms with E-state index in [0.717, 1.165) is 5.56 Å². The quantitative estimate of drug-likeness (QED) is 0.917. The molecule has 0 fully saturated rings. The second-order valence-corrected chi connectivity index (χ2v) is 7.63. The minimum atomic E-state index is -3.67. The number of thiophene rings is 1. The highest BCUT2D eigenvalue weighted by atomic mass is 32.2. The van der Waals surface area contributed by atoms with Gasteiger partial charge in [-0.3, -0.25) is 0 Å². The number of sulfonamides is 1.